The molecule has 58 heavy (non-hydrogen) atoms. The van der Waals surface area contributed by atoms with Gasteiger partial charge in [0, 0.05) is 49.2 Å². The molecule has 0 aliphatic heterocycles. The van der Waals surface area contributed by atoms with Gasteiger partial charge in [0.15, 0.2) is 9.84 Å². The third-order valence-electron chi connectivity index (χ3n) is 11.9. The standard InChI is InChI=1S/C20H17ClN4O2S.C13H13N5.C6H4Cl2S.CH4.2H2O/c21-13-1-3-14(4-2-13)28(26,27)11-19-8-20(9-19,10-19)25-12-24-16-7-23-18-15(17(16)25)5-6-22-18;14-12-4-13(5-12,6-12)18-7-17-9-3-16-11-8(10(9)18)1-2-15-11;7-5-1-3-6(9-8)4-2-5;;;/h1-7,12H,8-11H2,(H,22,23);1-3,7H,4-6,14H2,(H,15,16);1-4H;1H4;2*1H2. The summed E-state index contributed by atoms with van der Waals surface area (Å²) >= 11 is 11.5. The van der Waals surface area contributed by atoms with Gasteiger partial charge in [-0.3, -0.25) is 0 Å². The lowest BCUT2D eigenvalue weighted by molar-refractivity contribution is -0.168. The van der Waals surface area contributed by atoms with Crippen molar-refractivity contribution in [3.8, 4) is 0 Å². The molecule has 8 aromatic rings. The highest BCUT2D eigenvalue weighted by atomic mass is 35.7. The van der Waals surface area contributed by atoms with Crippen LogP contribution in [0.25, 0.3) is 44.1 Å². The molecule has 6 heterocycles. The molecule has 0 radical (unpaired) electrons. The second-order valence-electron chi connectivity index (χ2n) is 15.8. The fraction of sp³-hybridized carbons (Fsp3) is 0.300. The number of aromatic amines is 2. The number of pyridine rings is 2. The van der Waals surface area contributed by atoms with Crippen LogP contribution < -0.4 is 5.73 Å². The minimum atomic E-state index is -3.32. The Kier molecular flexibility index (Phi) is 10.7. The van der Waals surface area contributed by atoms with Crippen LogP contribution in [0, 0.1) is 5.41 Å². The topological polar surface area (TPSA) is 216 Å². The van der Waals surface area contributed by atoms with E-state index in [4.69, 9.17) is 39.6 Å². The van der Waals surface area contributed by atoms with Crippen LogP contribution in [0.5, 0.6) is 0 Å². The Morgan fingerprint density at radius 1 is 0.690 bits per heavy atom. The summed E-state index contributed by atoms with van der Waals surface area (Å²) in [6, 6.07) is 17.9. The Bertz CT molecular complexity index is 2850. The van der Waals surface area contributed by atoms with Crippen molar-refractivity contribution in [2.45, 2.75) is 72.4 Å². The summed E-state index contributed by atoms with van der Waals surface area (Å²) in [7, 11) is 3.32. The van der Waals surface area contributed by atoms with E-state index in [1.165, 1.54) is 16.5 Å². The summed E-state index contributed by atoms with van der Waals surface area (Å²) in [6.45, 7) is 0. The predicted molar refractivity (Wildman–Crippen MR) is 232 cm³/mol. The SMILES string of the molecule is C.ClSc1ccc(Cl)cc1.NC12CC(n3cnc4cnc5[nH]ccc5c43)(C1)C2.O.O.O=S(=O)(CC12CC(n3cnc4cnc5[nH]ccc5c43)(C1)C2)c1ccc(Cl)cc1. The van der Waals surface area contributed by atoms with Crippen LogP contribution in [-0.4, -0.2) is 69.7 Å². The van der Waals surface area contributed by atoms with E-state index in [0.29, 0.717) is 9.92 Å². The first-order valence-electron chi connectivity index (χ1n) is 17.8. The molecule has 4 bridgehead atoms. The minimum Gasteiger partial charge on any atom is -0.412 e. The Balaban J connectivity index is 0.000000147. The molecule has 6 aliphatic rings. The zero-order chi connectivity index (χ0) is 37.8. The highest BCUT2D eigenvalue weighted by Crippen LogP contribution is 2.72. The number of hydrogen-bond acceptors (Lipinski definition) is 8. The zero-order valence-electron chi connectivity index (χ0n) is 30.2. The van der Waals surface area contributed by atoms with Crippen molar-refractivity contribution in [1.29, 1.82) is 0 Å². The molecule has 6 aliphatic carbocycles. The van der Waals surface area contributed by atoms with Gasteiger partial charge in [0.1, 0.15) is 22.3 Å². The molecule has 304 valence electrons. The normalized spacial score (nSPS) is 24.6. The molecule has 2 aromatic carbocycles. The molecule has 14 rings (SSSR count). The van der Waals surface area contributed by atoms with Gasteiger partial charge in [-0.05, 0) is 126 Å². The molecule has 18 heteroatoms. The molecule has 0 amide bonds. The van der Waals surface area contributed by atoms with E-state index in [-0.39, 0.29) is 46.2 Å². The van der Waals surface area contributed by atoms with Crippen LogP contribution in [0.4, 0.5) is 0 Å². The van der Waals surface area contributed by atoms with Gasteiger partial charge in [-0.15, -0.1) is 0 Å². The summed E-state index contributed by atoms with van der Waals surface area (Å²) in [5, 5.41) is 3.49. The third kappa shape index (κ3) is 6.65. The Morgan fingerprint density at radius 2 is 1.14 bits per heavy atom. The summed E-state index contributed by atoms with van der Waals surface area (Å²) in [4.78, 5) is 25.5. The van der Waals surface area contributed by atoms with Gasteiger partial charge in [-0.1, -0.05) is 30.6 Å². The fourth-order valence-corrected chi connectivity index (χ4v) is 12.4. The summed E-state index contributed by atoms with van der Waals surface area (Å²) < 4.78 is 30.3. The number of benzene rings is 2. The first-order valence-corrected chi connectivity index (χ1v) is 21.9. The van der Waals surface area contributed by atoms with E-state index >= 15 is 0 Å². The molecular weight excluding hydrogens is 841 g/mol. The zero-order valence-corrected chi connectivity index (χ0v) is 34.1. The number of H-pyrrole nitrogens is 2. The van der Waals surface area contributed by atoms with Gasteiger partial charge >= 0.3 is 0 Å². The lowest BCUT2D eigenvalue weighted by Crippen LogP contribution is -2.76. The number of aromatic nitrogens is 8. The molecular formula is C40H42Cl3N9O4S2. The maximum atomic E-state index is 12.8. The van der Waals surface area contributed by atoms with Crippen LogP contribution >= 0.6 is 44.9 Å². The number of nitrogens with two attached hydrogens (primary N) is 1. The highest BCUT2D eigenvalue weighted by Gasteiger charge is 2.70. The van der Waals surface area contributed by atoms with E-state index in [2.05, 4.69) is 45.1 Å². The molecule has 6 fully saturated rings. The Hall–Kier alpha value is -4.19. The van der Waals surface area contributed by atoms with E-state index in [1.807, 2.05) is 61.6 Å². The van der Waals surface area contributed by atoms with Gasteiger partial charge in [-0.2, -0.15) is 0 Å². The van der Waals surface area contributed by atoms with Gasteiger partial charge in [-0.25, -0.2) is 28.4 Å². The maximum absolute atomic E-state index is 12.8. The highest BCUT2D eigenvalue weighted by molar-refractivity contribution is 8.21. The van der Waals surface area contributed by atoms with Crippen LogP contribution in [0.2, 0.25) is 10.0 Å². The number of fused-ring (bicyclic) bond motifs is 6. The van der Waals surface area contributed by atoms with Crippen molar-refractivity contribution in [1.82, 2.24) is 39.0 Å². The van der Waals surface area contributed by atoms with Crippen molar-refractivity contribution in [2.24, 2.45) is 11.1 Å². The number of hydrogen-bond donors (Lipinski definition) is 3. The molecule has 0 saturated heterocycles. The van der Waals surface area contributed by atoms with Crippen LogP contribution in [0.15, 0.2) is 108 Å². The van der Waals surface area contributed by atoms with Gasteiger partial charge < -0.3 is 35.8 Å². The van der Waals surface area contributed by atoms with Gasteiger partial charge in [0.05, 0.1) is 52.3 Å². The largest absolute Gasteiger partial charge is 0.412 e. The van der Waals surface area contributed by atoms with E-state index < -0.39 is 9.84 Å². The number of sulfone groups is 1. The van der Waals surface area contributed by atoms with E-state index in [1.54, 1.807) is 30.5 Å². The summed E-state index contributed by atoms with van der Waals surface area (Å²) in [5.41, 5.74) is 12.3. The fourth-order valence-electron chi connectivity index (χ4n) is 9.76. The lowest BCUT2D eigenvalue weighted by atomic mass is 9.40. The quantitative estimate of drug-likeness (QED) is 0.148. The molecule has 8 N–H and O–H groups in total. The molecule has 6 saturated carbocycles. The number of rotatable bonds is 6. The van der Waals surface area contributed by atoms with Crippen molar-refractivity contribution in [3.05, 3.63) is 108 Å². The third-order valence-corrected chi connectivity index (χ3v) is 15.4. The van der Waals surface area contributed by atoms with Crippen molar-refractivity contribution in [2.75, 3.05) is 5.75 Å². The van der Waals surface area contributed by atoms with Gasteiger partial charge in [0.25, 0.3) is 0 Å². The Morgan fingerprint density at radius 3 is 1.59 bits per heavy atom. The molecule has 0 atom stereocenters. The number of nitrogens with zero attached hydrogens (tertiary/aromatic N) is 6. The van der Waals surface area contributed by atoms with Crippen LogP contribution in [-0.2, 0) is 20.9 Å². The lowest BCUT2D eigenvalue weighted by Gasteiger charge is -2.71. The molecule has 6 aromatic heterocycles. The molecule has 0 unspecified atom stereocenters. The smallest absolute Gasteiger partial charge is 0.178 e. The Labute approximate surface area is 352 Å². The molecule has 0 spiro atoms. The first-order chi connectivity index (χ1) is 26.4. The molecule has 13 nitrogen and oxygen atoms in total. The maximum Gasteiger partial charge on any atom is 0.178 e. The second kappa shape index (κ2) is 14.8. The number of nitrogens with one attached hydrogen (secondary N) is 2. The second-order valence-corrected chi connectivity index (χ2v) is 19.8. The van der Waals surface area contributed by atoms with Crippen molar-refractivity contribution < 1.29 is 19.4 Å². The summed E-state index contributed by atoms with van der Waals surface area (Å²) in [6.07, 6.45) is 17.1. The predicted octanol–water partition coefficient (Wildman–Crippen LogP) is 7.99. The minimum absolute atomic E-state index is 0. The van der Waals surface area contributed by atoms with E-state index in [9.17, 15) is 8.42 Å². The number of imidazole rings is 2. The van der Waals surface area contributed by atoms with Crippen LogP contribution in [0.3, 0.4) is 0 Å². The van der Waals surface area contributed by atoms with Gasteiger partial charge in [0.2, 0.25) is 0 Å². The monoisotopic (exact) mass is 881 g/mol. The average Bonchev–Trinajstić information content (AvgIpc) is 3.94. The van der Waals surface area contributed by atoms with Crippen molar-refractivity contribution >= 4 is 98.8 Å². The van der Waals surface area contributed by atoms with Crippen molar-refractivity contribution in [3.63, 3.8) is 0 Å². The average molecular weight is 883 g/mol. The van der Waals surface area contributed by atoms with Crippen LogP contribution in [0.1, 0.15) is 46.0 Å². The summed E-state index contributed by atoms with van der Waals surface area (Å²) in [5.74, 6) is 0.192. The first kappa shape index (κ1) is 42.0. The van der Waals surface area contributed by atoms with E-state index in [0.717, 1.165) is 87.1 Å². The number of halogens is 3.